The van der Waals surface area contributed by atoms with Crippen LogP contribution in [-0.2, 0) is 0 Å². The Morgan fingerprint density at radius 3 is 1.66 bits per heavy atom. The molecule has 1 aliphatic rings. The molecule has 56 heavy (non-hydrogen) atoms. The van der Waals surface area contributed by atoms with E-state index in [1.807, 2.05) is 0 Å². The number of anilines is 5. The van der Waals surface area contributed by atoms with Gasteiger partial charge in [-0.1, -0.05) is 153 Å². The van der Waals surface area contributed by atoms with Crippen LogP contribution in [0.4, 0.5) is 28.4 Å². The van der Waals surface area contributed by atoms with E-state index in [0.717, 1.165) is 73.3 Å². The summed E-state index contributed by atoms with van der Waals surface area (Å²) in [7, 11) is 0. The zero-order valence-corrected chi connectivity index (χ0v) is 31.2. The fourth-order valence-corrected chi connectivity index (χ4v) is 8.13. The van der Waals surface area contributed by atoms with Gasteiger partial charge in [-0.2, -0.15) is 0 Å². The third-order valence-corrected chi connectivity index (χ3v) is 11.0. The maximum atomic E-state index is 6.90. The normalized spacial score (nSPS) is 13.9. The van der Waals surface area contributed by atoms with Crippen molar-refractivity contribution in [3.05, 3.63) is 212 Å². The highest BCUT2D eigenvalue weighted by Gasteiger charge is 2.28. The van der Waals surface area contributed by atoms with Crippen LogP contribution in [0.15, 0.2) is 216 Å². The number of rotatable bonds is 8. The number of nitrogens with zero attached hydrogens (tertiary/aromatic N) is 2. The number of benzene rings is 8. The summed E-state index contributed by atoms with van der Waals surface area (Å²) >= 11 is 0. The molecule has 1 aromatic heterocycles. The zero-order valence-electron chi connectivity index (χ0n) is 31.2. The van der Waals surface area contributed by atoms with Crippen molar-refractivity contribution in [1.82, 2.24) is 0 Å². The van der Waals surface area contributed by atoms with E-state index in [0.29, 0.717) is 5.92 Å². The Hall–Kier alpha value is -7.10. The average Bonchev–Trinajstić information content (AvgIpc) is 3.66. The topological polar surface area (TPSA) is 19.6 Å². The summed E-state index contributed by atoms with van der Waals surface area (Å²) < 4.78 is 6.90. The first-order valence-corrected chi connectivity index (χ1v) is 19.4. The van der Waals surface area contributed by atoms with E-state index in [4.69, 9.17) is 4.42 Å². The van der Waals surface area contributed by atoms with Crippen molar-refractivity contribution >= 4 is 61.1 Å². The van der Waals surface area contributed by atoms with Crippen molar-refractivity contribution in [3.63, 3.8) is 0 Å². The van der Waals surface area contributed by atoms with Crippen LogP contribution in [0.5, 0.6) is 0 Å². The molecular weight excluding hydrogens is 681 g/mol. The van der Waals surface area contributed by atoms with E-state index in [-0.39, 0.29) is 0 Å². The fraction of sp³-hybridized carbons (Fsp3) is 0.0566. The van der Waals surface area contributed by atoms with Crippen molar-refractivity contribution in [1.29, 1.82) is 0 Å². The second-order valence-corrected chi connectivity index (χ2v) is 14.6. The van der Waals surface area contributed by atoms with Gasteiger partial charge in [-0.05, 0) is 101 Å². The molecule has 268 valence electrons. The van der Waals surface area contributed by atoms with Gasteiger partial charge < -0.3 is 14.2 Å². The maximum absolute atomic E-state index is 6.90. The van der Waals surface area contributed by atoms with Crippen molar-refractivity contribution < 1.29 is 4.42 Å². The van der Waals surface area contributed by atoms with Crippen molar-refractivity contribution in [2.24, 2.45) is 5.92 Å². The largest absolute Gasteiger partial charge is 0.455 e. The number of furan rings is 1. The highest BCUT2D eigenvalue weighted by molar-refractivity contribution is 6.21. The zero-order chi connectivity index (χ0) is 37.4. The molecule has 0 spiro atoms. The molecule has 0 saturated heterocycles. The van der Waals surface area contributed by atoms with Gasteiger partial charge in [-0.25, -0.2) is 0 Å². The molecule has 10 rings (SSSR count). The second kappa shape index (κ2) is 14.3. The number of para-hydroxylation sites is 1. The molecule has 9 aromatic rings. The smallest absolute Gasteiger partial charge is 0.143 e. The summed E-state index contributed by atoms with van der Waals surface area (Å²) in [5, 5.41) is 4.42. The molecule has 1 unspecified atom stereocenters. The van der Waals surface area contributed by atoms with Crippen LogP contribution >= 0.6 is 0 Å². The van der Waals surface area contributed by atoms with Crippen LogP contribution in [0, 0.1) is 5.92 Å². The summed E-state index contributed by atoms with van der Waals surface area (Å²) in [4.78, 5) is 4.84. The van der Waals surface area contributed by atoms with Crippen LogP contribution in [0.2, 0.25) is 0 Å². The Morgan fingerprint density at radius 1 is 0.482 bits per heavy atom. The van der Waals surface area contributed by atoms with Crippen LogP contribution in [-0.4, -0.2) is 0 Å². The first-order chi connectivity index (χ1) is 27.7. The lowest BCUT2D eigenvalue weighted by molar-refractivity contribution is 0.672. The minimum Gasteiger partial charge on any atom is -0.455 e. The molecule has 8 aromatic carbocycles. The number of allylic oxidation sites excluding steroid dienone is 3. The van der Waals surface area contributed by atoms with Crippen LogP contribution < -0.4 is 9.80 Å². The molecule has 0 saturated carbocycles. The Labute approximate surface area is 327 Å². The summed E-state index contributed by atoms with van der Waals surface area (Å²) in [5.41, 5.74) is 12.9. The quantitative estimate of drug-likeness (QED) is 0.156. The predicted molar refractivity (Wildman–Crippen MR) is 236 cm³/mol. The molecule has 0 N–H and O–H groups in total. The van der Waals surface area contributed by atoms with Gasteiger partial charge in [-0.15, -0.1) is 0 Å². The van der Waals surface area contributed by atoms with Gasteiger partial charge in [0.2, 0.25) is 0 Å². The number of fused-ring (bicyclic) bond motifs is 5. The molecule has 0 bridgehead atoms. The number of hydrogen-bond donors (Lipinski definition) is 0. The SMILES string of the molecule is CC1C=CC(N(c2ccc(-c3ccccc3)cc2)c2c(N(c3ccccc3)c3ccc(-c4ccccc4)cc3)ccc3oc4c5ccccc5ccc4c23)=CC1. The van der Waals surface area contributed by atoms with E-state index in [9.17, 15) is 0 Å². The molecule has 0 aliphatic heterocycles. The lowest BCUT2D eigenvalue weighted by atomic mass is 9.98. The minimum atomic E-state index is 0.460. The number of hydrogen-bond acceptors (Lipinski definition) is 3. The highest BCUT2D eigenvalue weighted by atomic mass is 16.3. The van der Waals surface area contributed by atoms with Crippen LogP contribution in [0.1, 0.15) is 13.3 Å². The molecule has 1 heterocycles. The molecule has 0 amide bonds. The summed E-state index contributed by atoms with van der Waals surface area (Å²) in [5.74, 6) is 0.460. The lowest BCUT2D eigenvalue weighted by Crippen LogP contribution is -2.21. The van der Waals surface area contributed by atoms with Gasteiger partial charge in [0.15, 0.2) is 0 Å². The van der Waals surface area contributed by atoms with Gasteiger partial charge in [-0.3, -0.25) is 0 Å². The highest BCUT2D eigenvalue weighted by Crippen LogP contribution is 2.51. The van der Waals surface area contributed by atoms with E-state index in [1.54, 1.807) is 0 Å². The van der Waals surface area contributed by atoms with Crippen molar-refractivity contribution in [2.75, 3.05) is 9.80 Å². The Kier molecular flexibility index (Phi) is 8.53. The first-order valence-electron chi connectivity index (χ1n) is 19.4. The fourth-order valence-electron chi connectivity index (χ4n) is 8.13. The Balaban J connectivity index is 1.27. The molecular formula is C53H40N2O. The van der Waals surface area contributed by atoms with Gasteiger partial charge in [0.05, 0.1) is 16.8 Å². The average molecular weight is 721 g/mol. The summed E-state index contributed by atoms with van der Waals surface area (Å²) in [6, 6.07) is 67.2. The Bertz CT molecular complexity index is 2870. The van der Waals surface area contributed by atoms with E-state index >= 15 is 0 Å². The predicted octanol–water partition coefficient (Wildman–Crippen LogP) is 15.2. The third-order valence-electron chi connectivity index (χ3n) is 11.0. The van der Waals surface area contributed by atoms with Gasteiger partial charge >= 0.3 is 0 Å². The van der Waals surface area contributed by atoms with Gasteiger partial charge in [0.25, 0.3) is 0 Å². The summed E-state index contributed by atoms with van der Waals surface area (Å²) in [6.45, 7) is 2.28. The van der Waals surface area contributed by atoms with Crippen LogP contribution in [0.25, 0.3) is 55.0 Å². The molecule has 0 radical (unpaired) electrons. The van der Waals surface area contributed by atoms with Gasteiger partial charge in [0, 0.05) is 33.5 Å². The molecule has 3 nitrogen and oxygen atoms in total. The second-order valence-electron chi connectivity index (χ2n) is 14.6. The van der Waals surface area contributed by atoms with E-state index < -0.39 is 0 Å². The molecule has 1 aliphatic carbocycles. The van der Waals surface area contributed by atoms with E-state index in [1.165, 1.54) is 22.3 Å². The first kappa shape index (κ1) is 33.5. The maximum Gasteiger partial charge on any atom is 0.143 e. The standard InChI is InChI=1S/C53H40N2O/c1-37-21-28-45(29-22-37)55(46-32-25-41(26-33-46)39-15-7-3-8-16-39)52-49(35-36-50-51(52)48-34-27-42-17-11-12-20-47(42)53(48)56-50)54(43-18-9-4-10-19-43)44-30-23-40(24-31-44)38-13-5-2-6-14-38/h2-21,23-37H,22H2,1H3. The summed E-state index contributed by atoms with van der Waals surface area (Å²) in [6.07, 6.45) is 7.97. The third kappa shape index (κ3) is 6.04. The van der Waals surface area contributed by atoms with Crippen molar-refractivity contribution in [3.8, 4) is 22.3 Å². The van der Waals surface area contributed by atoms with Crippen LogP contribution in [0.3, 0.4) is 0 Å². The minimum absolute atomic E-state index is 0.460. The molecule has 1 atom stereocenters. The van der Waals surface area contributed by atoms with Crippen molar-refractivity contribution in [2.45, 2.75) is 13.3 Å². The monoisotopic (exact) mass is 720 g/mol. The Morgan fingerprint density at radius 2 is 1.04 bits per heavy atom. The van der Waals surface area contributed by atoms with E-state index in [2.05, 4.69) is 223 Å². The lowest BCUT2D eigenvalue weighted by Gasteiger charge is -2.35. The molecule has 3 heteroatoms. The van der Waals surface area contributed by atoms with Gasteiger partial charge in [0.1, 0.15) is 11.2 Å². The molecule has 0 fully saturated rings.